The third kappa shape index (κ3) is 8.65. The molecule has 0 aliphatic carbocycles. The van der Waals surface area contributed by atoms with Crippen LogP contribution in [0.4, 0.5) is 0 Å². The molecule has 0 fully saturated rings. The van der Waals surface area contributed by atoms with Gasteiger partial charge in [0.1, 0.15) is 0 Å². The molecular weight excluding hydrogens is 224 g/mol. The molecule has 0 aromatic heterocycles. The van der Waals surface area contributed by atoms with Gasteiger partial charge < -0.3 is 20.1 Å². The number of ether oxygens (including phenoxy) is 1. The number of carbonyl (C=O) groups is 2. The lowest BCUT2D eigenvalue weighted by molar-refractivity contribution is -0.134. The van der Waals surface area contributed by atoms with Gasteiger partial charge >= 0.3 is 0 Å². The van der Waals surface area contributed by atoms with Crippen molar-refractivity contribution in [2.24, 2.45) is 0 Å². The van der Waals surface area contributed by atoms with Crippen LogP contribution in [0.1, 0.15) is 19.3 Å². The average Bonchev–Trinajstić information content (AvgIpc) is 2.31. The normalized spacial score (nSPS) is 10.1. The topological polar surface area (TPSA) is 78.9 Å². The molecule has 0 aromatic carbocycles. The lowest BCUT2D eigenvalue weighted by Crippen LogP contribution is -2.38. The first-order valence-electron chi connectivity index (χ1n) is 5.72. The Morgan fingerprint density at radius 1 is 1.35 bits per heavy atom. The number of carbonyl (C=O) groups excluding carboxylic acids is 2. The summed E-state index contributed by atoms with van der Waals surface area (Å²) in [6, 6.07) is 0. The number of nitrogens with one attached hydrogen (secondary N) is 1. The largest absolute Gasteiger partial charge is 0.396 e. The summed E-state index contributed by atoms with van der Waals surface area (Å²) in [5.74, 6) is -0.313. The summed E-state index contributed by atoms with van der Waals surface area (Å²) in [5.41, 5.74) is 0. The molecule has 2 N–H and O–H groups in total. The highest BCUT2D eigenvalue weighted by atomic mass is 16.5. The van der Waals surface area contributed by atoms with E-state index in [1.54, 1.807) is 14.2 Å². The summed E-state index contributed by atoms with van der Waals surface area (Å²) in [4.78, 5) is 24.2. The Labute approximate surface area is 102 Å². The van der Waals surface area contributed by atoms with Crippen LogP contribution in [0, 0.1) is 0 Å². The number of methoxy groups -OCH3 is 1. The van der Waals surface area contributed by atoms with Crippen LogP contribution >= 0.6 is 0 Å². The van der Waals surface area contributed by atoms with Crippen molar-refractivity contribution in [3.63, 3.8) is 0 Å². The first-order valence-corrected chi connectivity index (χ1v) is 5.72. The predicted octanol–water partition coefficient (Wildman–Crippen LogP) is -0.630. The summed E-state index contributed by atoms with van der Waals surface area (Å²) in [6.45, 7) is 1.19. The molecule has 0 heterocycles. The third-order valence-electron chi connectivity index (χ3n) is 2.20. The molecule has 6 nitrogen and oxygen atoms in total. The van der Waals surface area contributed by atoms with Crippen molar-refractivity contribution in [2.75, 3.05) is 40.5 Å². The molecule has 0 atom stereocenters. The van der Waals surface area contributed by atoms with E-state index >= 15 is 0 Å². The number of nitrogens with zero attached hydrogens (tertiary/aromatic N) is 1. The standard InChI is InChI=1S/C11H22N2O4/c1-13(11(16)5-3-7-14)9-10(15)12-6-4-8-17-2/h14H,3-9H2,1-2H3,(H,12,15). The van der Waals surface area contributed by atoms with E-state index < -0.39 is 0 Å². The van der Waals surface area contributed by atoms with Gasteiger partial charge in [-0.3, -0.25) is 9.59 Å². The van der Waals surface area contributed by atoms with Gasteiger partial charge in [0.05, 0.1) is 6.54 Å². The summed E-state index contributed by atoms with van der Waals surface area (Å²) in [7, 11) is 3.18. The number of likely N-dealkylation sites (N-methyl/N-ethyl adjacent to an activating group) is 1. The second-order valence-electron chi connectivity index (χ2n) is 3.77. The molecular formula is C11H22N2O4. The van der Waals surface area contributed by atoms with E-state index in [-0.39, 0.29) is 31.4 Å². The van der Waals surface area contributed by atoms with E-state index in [1.807, 2.05) is 0 Å². The fourth-order valence-corrected chi connectivity index (χ4v) is 1.22. The van der Waals surface area contributed by atoms with Crippen LogP contribution in [0.5, 0.6) is 0 Å². The zero-order valence-electron chi connectivity index (χ0n) is 10.6. The van der Waals surface area contributed by atoms with Crippen LogP contribution in [0.2, 0.25) is 0 Å². The van der Waals surface area contributed by atoms with E-state index in [2.05, 4.69) is 5.32 Å². The molecule has 0 rings (SSSR count). The second-order valence-corrected chi connectivity index (χ2v) is 3.77. The van der Waals surface area contributed by atoms with Crippen LogP contribution in [0.15, 0.2) is 0 Å². The van der Waals surface area contributed by atoms with Gasteiger partial charge in [0.25, 0.3) is 0 Å². The molecule has 0 aliphatic heterocycles. The van der Waals surface area contributed by atoms with Gasteiger partial charge in [-0.05, 0) is 12.8 Å². The van der Waals surface area contributed by atoms with Gasteiger partial charge in [-0.25, -0.2) is 0 Å². The highest BCUT2D eigenvalue weighted by molar-refractivity contribution is 5.84. The Morgan fingerprint density at radius 2 is 2.06 bits per heavy atom. The number of hydrogen-bond acceptors (Lipinski definition) is 4. The number of aliphatic hydroxyl groups excluding tert-OH is 1. The summed E-state index contributed by atoms with van der Waals surface area (Å²) in [5, 5.41) is 11.3. The fourth-order valence-electron chi connectivity index (χ4n) is 1.22. The van der Waals surface area contributed by atoms with Gasteiger partial charge in [0.2, 0.25) is 11.8 Å². The van der Waals surface area contributed by atoms with Crippen LogP contribution in [-0.4, -0.2) is 62.3 Å². The lowest BCUT2D eigenvalue weighted by atomic mass is 10.3. The molecule has 0 aliphatic rings. The molecule has 0 unspecified atom stereocenters. The quantitative estimate of drug-likeness (QED) is 0.531. The third-order valence-corrected chi connectivity index (χ3v) is 2.20. The van der Waals surface area contributed by atoms with Crippen molar-refractivity contribution < 1.29 is 19.4 Å². The maximum absolute atomic E-state index is 11.4. The maximum atomic E-state index is 11.4. The van der Waals surface area contributed by atoms with Crippen LogP contribution < -0.4 is 5.32 Å². The number of amides is 2. The molecule has 100 valence electrons. The highest BCUT2D eigenvalue weighted by Crippen LogP contribution is 1.94. The van der Waals surface area contributed by atoms with Crippen LogP contribution in [0.3, 0.4) is 0 Å². The van der Waals surface area contributed by atoms with E-state index in [9.17, 15) is 9.59 Å². The number of rotatable bonds is 9. The Balaban J connectivity index is 3.67. The van der Waals surface area contributed by atoms with E-state index in [4.69, 9.17) is 9.84 Å². The Morgan fingerprint density at radius 3 is 2.65 bits per heavy atom. The summed E-state index contributed by atoms with van der Waals surface area (Å²) < 4.78 is 4.85. The fraction of sp³-hybridized carbons (Fsp3) is 0.818. The van der Waals surface area contributed by atoms with Gasteiger partial charge in [-0.1, -0.05) is 0 Å². The SMILES string of the molecule is COCCCNC(=O)CN(C)C(=O)CCCO. The monoisotopic (exact) mass is 246 g/mol. The molecule has 0 spiro atoms. The highest BCUT2D eigenvalue weighted by Gasteiger charge is 2.11. The Hall–Kier alpha value is -1.14. The Bertz CT molecular complexity index is 234. The van der Waals surface area contributed by atoms with E-state index in [0.717, 1.165) is 6.42 Å². The molecule has 0 saturated heterocycles. The van der Waals surface area contributed by atoms with Crippen molar-refractivity contribution >= 4 is 11.8 Å². The van der Waals surface area contributed by atoms with Crippen molar-refractivity contribution in [1.29, 1.82) is 0 Å². The molecule has 6 heteroatoms. The van der Waals surface area contributed by atoms with Gasteiger partial charge in [0.15, 0.2) is 0 Å². The van der Waals surface area contributed by atoms with Crippen LogP contribution in [0.25, 0.3) is 0 Å². The van der Waals surface area contributed by atoms with E-state index in [1.165, 1.54) is 4.90 Å². The Kier molecular flexibility index (Phi) is 9.37. The first-order chi connectivity index (χ1) is 8.11. The zero-order valence-corrected chi connectivity index (χ0v) is 10.6. The lowest BCUT2D eigenvalue weighted by Gasteiger charge is -2.16. The average molecular weight is 246 g/mol. The van der Waals surface area contributed by atoms with Gasteiger partial charge in [-0.15, -0.1) is 0 Å². The molecule has 0 radical (unpaired) electrons. The summed E-state index contributed by atoms with van der Waals surface area (Å²) >= 11 is 0. The predicted molar refractivity (Wildman–Crippen MR) is 63.5 cm³/mol. The second kappa shape index (κ2) is 10.0. The first kappa shape index (κ1) is 15.9. The van der Waals surface area contributed by atoms with Gasteiger partial charge in [-0.2, -0.15) is 0 Å². The van der Waals surface area contributed by atoms with Crippen molar-refractivity contribution in [2.45, 2.75) is 19.3 Å². The van der Waals surface area contributed by atoms with E-state index in [0.29, 0.717) is 19.6 Å². The van der Waals surface area contributed by atoms with Gasteiger partial charge in [0, 0.05) is 40.3 Å². The molecule has 0 saturated carbocycles. The van der Waals surface area contributed by atoms with Crippen LogP contribution in [-0.2, 0) is 14.3 Å². The van der Waals surface area contributed by atoms with Crippen molar-refractivity contribution in [1.82, 2.24) is 10.2 Å². The number of hydrogen-bond donors (Lipinski definition) is 2. The molecule has 17 heavy (non-hydrogen) atoms. The summed E-state index contributed by atoms with van der Waals surface area (Å²) in [6.07, 6.45) is 1.45. The maximum Gasteiger partial charge on any atom is 0.239 e. The molecule has 2 amide bonds. The molecule has 0 aromatic rings. The smallest absolute Gasteiger partial charge is 0.239 e. The minimum Gasteiger partial charge on any atom is -0.396 e. The zero-order chi connectivity index (χ0) is 13.1. The molecule has 0 bridgehead atoms. The number of aliphatic hydroxyl groups is 1. The van der Waals surface area contributed by atoms with Crippen molar-refractivity contribution in [3.05, 3.63) is 0 Å². The van der Waals surface area contributed by atoms with Crippen molar-refractivity contribution in [3.8, 4) is 0 Å². The minimum atomic E-state index is -0.180. The minimum absolute atomic E-state index is 0.0111.